The fraction of sp³-hybridized carbons (Fsp3) is 0.333. The van der Waals surface area contributed by atoms with E-state index in [0.29, 0.717) is 26.1 Å². The van der Waals surface area contributed by atoms with Crippen molar-refractivity contribution in [2.75, 3.05) is 26.8 Å². The number of amides is 1. The van der Waals surface area contributed by atoms with Crippen molar-refractivity contribution in [3.8, 4) is 11.5 Å². The van der Waals surface area contributed by atoms with Crippen LogP contribution in [-0.4, -0.2) is 47.5 Å². The Hall–Kier alpha value is -3.38. The Balaban J connectivity index is 1.46. The van der Waals surface area contributed by atoms with E-state index in [1.807, 2.05) is 47.6 Å². The summed E-state index contributed by atoms with van der Waals surface area (Å²) in [5.74, 6) is 1.69. The highest BCUT2D eigenvalue weighted by Crippen LogP contribution is 2.26. The Morgan fingerprint density at radius 2 is 1.88 bits per heavy atom. The minimum absolute atomic E-state index is 0.0780. The molecular weight excluding hydrogens is 414 g/mol. The lowest BCUT2D eigenvalue weighted by molar-refractivity contribution is -0.131. The van der Waals surface area contributed by atoms with Gasteiger partial charge in [-0.3, -0.25) is 14.7 Å². The molecule has 0 atom stereocenters. The summed E-state index contributed by atoms with van der Waals surface area (Å²) < 4.78 is 11.4. The van der Waals surface area contributed by atoms with Crippen molar-refractivity contribution >= 4 is 5.91 Å². The number of para-hydroxylation sites is 1. The second kappa shape index (κ2) is 11.0. The third-order valence-corrected chi connectivity index (χ3v) is 6.00. The quantitative estimate of drug-likeness (QED) is 0.523. The Bertz CT molecular complexity index is 1070. The van der Waals surface area contributed by atoms with Crippen LogP contribution in [0.5, 0.6) is 11.5 Å². The van der Waals surface area contributed by atoms with Crippen LogP contribution in [0.2, 0.25) is 0 Å². The molecular formula is C27H31N3O3. The second-order valence-corrected chi connectivity index (χ2v) is 8.25. The lowest BCUT2D eigenvalue weighted by Gasteiger charge is -2.22. The maximum atomic E-state index is 13.1. The summed E-state index contributed by atoms with van der Waals surface area (Å²) in [5.41, 5.74) is 4.42. The molecule has 3 aromatic rings. The zero-order valence-corrected chi connectivity index (χ0v) is 19.4. The van der Waals surface area contributed by atoms with Crippen LogP contribution in [0.15, 0.2) is 67.0 Å². The standard InChI is InChI=1S/C27H31N3O3/c1-3-29(18-21-10-12-28-13-11-21)19-22-8-9-26-24(16-22)20-30(14-15-33-26)27(31)17-23-6-4-5-7-25(23)32-2/h4-13,16H,3,14-15,17-20H2,1-2H3. The number of fused-ring (bicyclic) bond motifs is 1. The third-order valence-electron chi connectivity index (χ3n) is 6.00. The van der Waals surface area contributed by atoms with Crippen LogP contribution < -0.4 is 9.47 Å². The lowest BCUT2D eigenvalue weighted by Crippen LogP contribution is -2.33. The van der Waals surface area contributed by atoms with Gasteiger partial charge in [-0.25, -0.2) is 0 Å². The van der Waals surface area contributed by atoms with Gasteiger partial charge in [-0.2, -0.15) is 0 Å². The van der Waals surface area contributed by atoms with E-state index >= 15 is 0 Å². The number of rotatable bonds is 8. The van der Waals surface area contributed by atoms with Gasteiger partial charge in [-0.1, -0.05) is 31.2 Å². The molecule has 1 aliphatic heterocycles. The average Bonchev–Trinajstić information content (AvgIpc) is 3.07. The number of pyridine rings is 1. The predicted molar refractivity (Wildman–Crippen MR) is 128 cm³/mol. The van der Waals surface area contributed by atoms with Crippen molar-refractivity contribution in [1.29, 1.82) is 0 Å². The summed E-state index contributed by atoms with van der Waals surface area (Å²) in [6.45, 7) is 6.44. The summed E-state index contributed by atoms with van der Waals surface area (Å²) in [6, 6.07) is 18.1. The van der Waals surface area contributed by atoms with Crippen LogP contribution in [0.4, 0.5) is 0 Å². The van der Waals surface area contributed by atoms with E-state index in [0.717, 1.165) is 42.3 Å². The van der Waals surface area contributed by atoms with Crippen molar-refractivity contribution in [3.63, 3.8) is 0 Å². The summed E-state index contributed by atoms with van der Waals surface area (Å²) in [6.07, 6.45) is 3.98. The van der Waals surface area contributed by atoms with Crippen molar-refractivity contribution in [2.45, 2.75) is 33.0 Å². The second-order valence-electron chi connectivity index (χ2n) is 8.25. The SMILES string of the molecule is CCN(Cc1ccncc1)Cc1ccc2c(c1)CN(C(=O)Cc1ccccc1OC)CCO2. The molecule has 0 saturated carbocycles. The maximum absolute atomic E-state index is 13.1. The summed E-state index contributed by atoms with van der Waals surface area (Å²) in [4.78, 5) is 21.5. The monoisotopic (exact) mass is 445 g/mol. The molecule has 0 aliphatic carbocycles. The molecule has 172 valence electrons. The highest BCUT2D eigenvalue weighted by molar-refractivity contribution is 5.79. The molecule has 1 aromatic heterocycles. The molecule has 2 heterocycles. The highest BCUT2D eigenvalue weighted by atomic mass is 16.5. The zero-order valence-electron chi connectivity index (χ0n) is 19.4. The van der Waals surface area contributed by atoms with Crippen LogP contribution in [0.3, 0.4) is 0 Å². The fourth-order valence-corrected chi connectivity index (χ4v) is 4.17. The number of nitrogens with zero attached hydrogens (tertiary/aromatic N) is 3. The van der Waals surface area contributed by atoms with Crippen molar-refractivity contribution in [3.05, 3.63) is 89.2 Å². The van der Waals surface area contributed by atoms with Gasteiger partial charge >= 0.3 is 0 Å². The van der Waals surface area contributed by atoms with Crippen LogP contribution in [0, 0.1) is 0 Å². The number of methoxy groups -OCH3 is 1. The van der Waals surface area contributed by atoms with Gasteiger partial charge < -0.3 is 14.4 Å². The topological polar surface area (TPSA) is 54.9 Å². The Morgan fingerprint density at radius 1 is 1.09 bits per heavy atom. The summed E-state index contributed by atoms with van der Waals surface area (Å²) >= 11 is 0. The minimum Gasteiger partial charge on any atom is -0.496 e. The first-order valence-corrected chi connectivity index (χ1v) is 11.4. The number of carbonyl (C=O) groups excluding carboxylic acids is 1. The van der Waals surface area contributed by atoms with Gasteiger partial charge in [0.05, 0.1) is 20.1 Å². The summed E-state index contributed by atoms with van der Waals surface area (Å²) in [5, 5.41) is 0. The largest absolute Gasteiger partial charge is 0.496 e. The van der Waals surface area contributed by atoms with E-state index in [9.17, 15) is 4.79 Å². The smallest absolute Gasteiger partial charge is 0.227 e. The van der Waals surface area contributed by atoms with Crippen molar-refractivity contribution in [1.82, 2.24) is 14.8 Å². The van der Waals surface area contributed by atoms with Gasteiger partial charge in [0, 0.05) is 43.2 Å². The number of aromatic nitrogens is 1. The van der Waals surface area contributed by atoms with Gasteiger partial charge in [-0.05, 0) is 48.0 Å². The molecule has 0 saturated heterocycles. The summed E-state index contributed by atoms with van der Waals surface area (Å²) in [7, 11) is 1.63. The molecule has 0 radical (unpaired) electrons. The Morgan fingerprint density at radius 3 is 2.67 bits per heavy atom. The number of hydrogen-bond donors (Lipinski definition) is 0. The molecule has 1 amide bonds. The molecule has 6 heteroatoms. The molecule has 6 nitrogen and oxygen atoms in total. The minimum atomic E-state index is 0.0780. The van der Waals surface area contributed by atoms with E-state index in [1.165, 1.54) is 11.1 Å². The van der Waals surface area contributed by atoms with Crippen LogP contribution in [-0.2, 0) is 30.8 Å². The van der Waals surface area contributed by atoms with Crippen LogP contribution in [0.1, 0.15) is 29.2 Å². The van der Waals surface area contributed by atoms with Crippen LogP contribution >= 0.6 is 0 Å². The first kappa shape index (κ1) is 22.8. The Kier molecular flexibility index (Phi) is 7.58. The van der Waals surface area contributed by atoms with E-state index in [-0.39, 0.29) is 5.91 Å². The molecule has 33 heavy (non-hydrogen) atoms. The normalized spacial score (nSPS) is 13.2. The van der Waals surface area contributed by atoms with Gasteiger partial charge in [0.15, 0.2) is 0 Å². The Labute approximate surface area is 195 Å². The maximum Gasteiger partial charge on any atom is 0.227 e. The highest BCUT2D eigenvalue weighted by Gasteiger charge is 2.21. The first-order chi connectivity index (χ1) is 16.2. The van der Waals surface area contributed by atoms with E-state index < -0.39 is 0 Å². The average molecular weight is 446 g/mol. The molecule has 0 spiro atoms. The van der Waals surface area contributed by atoms with E-state index in [2.05, 4.69) is 41.1 Å². The third kappa shape index (κ3) is 5.90. The number of ether oxygens (including phenoxy) is 2. The van der Waals surface area contributed by atoms with Crippen molar-refractivity contribution in [2.24, 2.45) is 0 Å². The predicted octanol–water partition coefficient (Wildman–Crippen LogP) is 4.08. The molecule has 0 unspecified atom stereocenters. The van der Waals surface area contributed by atoms with Crippen LogP contribution in [0.25, 0.3) is 0 Å². The van der Waals surface area contributed by atoms with Crippen molar-refractivity contribution < 1.29 is 14.3 Å². The van der Waals surface area contributed by atoms with Gasteiger partial charge in [-0.15, -0.1) is 0 Å². The number of hydrogen-bond acceptors (Lipinski definition) is 5. The first-order valence-electron chi connectivity index (χ1n) is 11.4. The molecule has 0 N–H and O–H groups in total. The number of benzene rings is 2. The molecule has 2 aromatic carbocycles. The van der Waals surface area contributed by atoms with E-state index in [1.54, 1.807) is 7.11 Å². The number of carbonyl (C=O) groups is 1. The van der Waals surface area contributed by atoms with Gasteiger partial charge in [0.25, 0.3) is 0 Å². The fourth-order valence-electron chi connectivity index (χ4n) is 4.17. The molecule has 0 bridgehead atoms. The molecule has 0 fully saturated rings. The molecule has 1 aliphatic rings. The van der Waals surface area contributed by atoms with Gasteiger partial charge in [0.2, 0.25) is 5.91 Å². The van der Waals surface area contributed by atoms with Gasteiger partial charge in [0.1, 0.15) is 18.1 Å². The molecule has 4 rings (SSSR count). The lowest BCUT2D eigenvalue weighted by atomic mass is 10.1. The zero-order chi connectivity index (χ0) is 23.0. The van der Waals surface area contributed by atoms with E-state index in [4.69, 9.17) is 9.47 Å².